The van der Waals surface area contributed by atoms with Crippen LogP contribution in [-0.2, 0) is 37.5 Å². The predicted octanol–water partition coefficient (Wildman–Crippen LogP) is 1.00. The first-order chi connectivity index (χ1) is 2.91. The number of rotatable bonds is 3. The molecule has 0 spiro atoms. The minimum Gasteiger partial charge on any atom is -0.346 e. The van der Waals surface area contributed by atoms with Crippen LogP contribution in [0.25, 0.3) is 0 Å². The summed E-state index contributed by atoms with van der Waals surface area (Å²) >= 11 is 0. The van der Waals surface area contributed by atoms with Gasteiger partial charge < -0.3 is 18.1 Å². The largest absolute Gasteiger partial charge is 0.346 e. The molecule has 0 amide bonds. The van der Waals surface area contributed by atoms with Crippen molar-refractivity contribution in [1.82, 2.24) is 0 Å². The smallest absolute Gasteiger partial charge is 0 e. The Balaban J connectivity index is 0. The van der Waals surface area contributed by atoms with Gasteiger partial charge in [-0.1, -0.05) is 0 Å². The summed E-state index contributed by atoms with van der Waals surface area (Å²) in [6.07, 6.45) is 3.99. The van der Waals surface area contributed by atoms with E-state index in [2.05, 4.69) is 6.92 Å². The third kappa shape index (κ3) is 10.8. The van der Waals surface area contributed by atoms with Crippen molar-refractivity contribution in [2.45, 2.75) is 12.8 Å². The molecule has 0 bridgehead atoms. The minimum absolute atomic E-state index is 0. The first-order valence-electron chi connectivity index (χ1n) is 1.98. The molecular weight excluding hydrogens is 165 g/mol. The van der Waals surface area contributed by atoms with Gasteiger partial charge in [0.1, 0.15) is 0 Å². The predicted molar refractivity (Wildman–Crippen MR) is 25.0 cm³/mol. The molecule has 1 radical (unpaired) electrons. The van der Waals surface area contributed by atoms with Crippen molar-refractivity contribution >= 4 is 6.29 Å². The molecule has 0 aliphatic rings. The van der Waals surface area contributed by atoms with Crippen molar-refractivity contribution in [2.24, 2.45) is 0 Å². The van der Waals surface area contributed by atoms with Gasteiger partial charge >= 0.3 is 0 Å². The first kappa shape index (κ1) is 10.6. The van der Waals surface area contributed by atoms with Gasteiger partial charge in [0.25, 0.3) is 0 Å². The molecule has 0 saturated heterocycles. The van der Waals surface area contributed by atoms with Crippen LogP contribution in [0.1, 0.15) is 12.8 Å². The SMILES string of the molecule is [CH2-]CC[CH-]C=O.[Y]. The molecular formula is C5H8OY-2. The molecule has 0 rings (SSSR count). The zero-order valence-electron chi connectivity index (χ0n) is 4.26. The number of carbonyl (C=O) groups excluding carboxylic acids is 1. The van der Waals surface area contributed by atoms with Gasteiger partial charge in [0.15, 0.2) is 0 Å². The molecule has 0 aromatic rings. The fourth-order valence-corrected chi connectivity index (χ4v) is 0.186. The van der Waals surface area contributed by atoms with E-state index in [1.807, 2.05) is 0 Å². The normalized spacial score (nSPS) is 6.43. The number of hydrogen-bond donors (Lipinski definition) is 0. The van der Waals surface area contributed by atoms with Crippen LogP contribution in [0.4, 0.5) is 0 Å². The number of aldehydes is 1. The molecule has 0 saturated carbocycles. The van der Waals surface area contributed by atoms with Crippen LogP contribution in [0.15, 0.2) is 0 Å². The summed E-state index contributed by atoms with van der Waals surface area (Å²) in [4.78, 5) is 9.48. The molecule has 1 nitrogen and oxygen atoms in total. The quantitative estimate of drug-likeness (QED) is 0.353. The number of carbonyl (C=O) groups is 1. The molecule has 2 heteroatoms. The Bertz CT molecular complexity index is 37.1. The molecule has 0 N–H and O–H groups in total. The molecule has 39 valence electrons. The van der Waals surface area contributed by atoms with Crippen LogP contribution in [0.3, 0.4) is 0 Å². The van der Waals surface area contributed by atoms with E-state index in [1.165, 1.54) is 0 Å². The third-order valence-corrected chi connectivity index (χ3v) is 0.467. The van der Waals surface area contributed by atoms with E-state index in [4.69, 9.17) is 0 Å². The maximum absolute atomic E-state index is 9.48. The summed E-state index contributed by atoms with van der Waals surface area (Å²) in [7, 11) is 0. The molecule has 0 aromatic carbocycles. The topological polar surface area (TPSA) is 17.1 Å². The van der Waals surface area contributed by atoms with Gasteiger partial charge in [-0.25, -0.2) is 6.42 Å². The Morgan fingerprint density at radius 3 is 2.43 bits per heavy atom. The Morgan fingerprint density at radius 2 is 2.29 bits per heavy atom. The second kappa shape index (κ2) is 9.81. The van der Waals surface area contributed by atoms with Gasteiger partial charge in [0.05, 0.1) is 0 Å². The van der Waals surface area contributed by atoms with E-state index in [9.17, 15) is 4.79 Å². The van der Waals surface area contributed by atoms with Crippen LogP contribution in [-0.4, -0.2) is 6.29 Å². The van der Waals surface area contributed by atoms with E-state index in [0.717, 1.165) is 19.1 Å². The number of hydrogen-bond acceptors (Lipinski definition) is 1. The van der Waals surface area contributed by atoms with Crippen LogP contribution in [0.5, 0.6) is 0 Å². The van der Waals surface area contributed by atoms with E-state index in [-0.39, 0.29) is 32.7 Å². The Morgan fingerprint density at radius 1 is 1.71 bits per heavy atom. The van der Waals surface area contributed by atoms with Gasteiger partial charge in [-0.2, -0.15) is 6.42 Å². The Labute approximate surface area is 69.7 Å². The summed E-state index contributed by atoms with van der Waals surface area (Å²) in [6.45, 7) is 3.53. The number of unbranched alkanes of at least 4 members (excludes halogenated alkanes) is 2. The summed E-state index contributed by atoms with van der Waals surface area (Å²) in [6, 6.07) is 0. The first-order valence-corrected chi connectivity index (χ1v) is 1.98. The van der Waals surface area contributed by atoms with E-state index in [1.54, 1.807) is 6.42 Å². The molecule has 0 atom stereocenters. The Kier molecular flexibility index (Phi) is 14.8. The monoisotopic (exact) mass is 173 g/mol. The van der Waals surface area contributed by atoms with Crippen molar-refractivity contribution in [3.8, 4) is 0 Å². The van der Waals surface area contributed by atoms with Crippen LogP contribution >= 0.6 is 0 Å². The molecule has 0 fully saturated rings. The van der Waals surface area contributed by atoms with Crippen LogP contribution in [0, 0.1) is 13.3 Å². The zero-order chi connectivity index (χ0) is 4.83. The molecule has 0 aromatic heterocycles. The van der Waals surface area contributed by atoms with Crippen molar-refractivity contribution in [3.63, 3.8) is 0 Å². The minimum atomic E-state index is 0. The zero-order valence-corrected chi connectivity index (χ0v) is 7.10. The van der Waals surface area contributed by atoms with Gasteiger partial charge in [0.2, 0.25) is 0 Å². The molecule has 0 unspecified atom stereocenters. The van der Waals surface area contributed by atoms with E-state index < -0.39 is 0 Å². The van der Waals surface area contributed by atoms with Gasteiger partial charge in [0, 0.05) is 32.7 Å². The Hall–Kier alpha value is 0.644. The average Bonchev–Trinajstić information content (AvgIpc) is 1.61. The van der Waals surface area contributed by atoms with Crippen molar-refractivity contribution in [2.75, 3.05) is 0 Å². The summed E-state index contributed by atoms with van der Waals surface area (Å²) in [5.41, 5.74) is 0. The average molecular weight is 173 g/mol. The second-order valence-electron chi connectivity index (χ2n) is 1.01. The second-order valence-corrected chi connectivity index (χ2v) is 1.01. The van der Waals surface area contributed by atoms with E-state index >= 15 is 0 Å². The van der Waals surface area contributed by atoms with Crippen molar-refractivity contribution in [3.05, 3.63) is 13.3 Å². The van der Waals surface area contributed by atoms with Crippen LogP contribution in [0.2, 0.25) is 0 Å². The van der Waals surface area contributed by atoms with E-state index in [0.29, 0.717) is 0 Å². The van der Waals surface area contributed by atoms with Gasteiger partial charge in [-0.15, -0.1) is 0 Å². The molecule has 7 heavy (non-hydrogen) atoms. The van der Waals surface area contributed by atoms with Crippen molar-refractivity contribution < 1.29 is 37.5 Å². The summed E-state index contributed by atoms with van der Waals surface area (Å²) in [5, 5.41) is 0. The summed E-state index contributed by atoms with van der Waals surface area (Å²) in [5.74, 6) is 0. The standard InChI is InChI=1S/C5H8O.Y/c1-2-3-4-5-6;/h4-5H,1-3H2;/q-2;. The summed E-state index contributed by atoms with van der Waals surface area (Å²) < 4.78 is 0. The molecule has 0 aliphatic heterocycles. The fraction of sp³-hybridized carbons (Fsp3) is 0.400. The maximum atomic E-state index is 9.48. The van der Waals surface area contributed by atoms with Gasteiger partial charge in [-0.3, -0.25) is 0 Å². The molecule has 0 aliphatic carbocycles. The molecule has 0 heterocycles. The fourth-order valence-electron chi connectivity index (χ4n) is 0.186. The van der Waals surface area contributed by atoms with Gasteiger partial charge in [-0.05, 0) is 6.29 Å². The van der Waals surface area contributed by atoms with Crippen LogP contribution < -0.4 is 0 Å². The third-order valence-electron chi connectivity index (χ3n) is 0.467. The maximum Gasteiger partial charge on any atom is 0 e. The van der Waals surface area contributed by atoms with Crippen molar-refractivity contribution in [1.29, 1.82) is 0 Å².